The molecular weight excluding hydrogens is 240 g/mol. The van der Waals surface area contributed by atoms with Crippen LogP contribution in [0.4, 0.5) is 0 Å². The van der Waals surface area contributed by atoms with Gasteiger partial charge in [0.05, 0.1) is 12.1 Å². The zero-order valence-electron chi connectivity index (χ0n) is 12.1. The largest absolute Gasteiger partial charge is 0.394 e. The minimum atomic E-state index is -0.350. The normalized spacial score (nSPS) is 35.9. The monoisotopic (exact) mass is 268 g/mol. The summed E-state index contributed by atoms with van der Waals surface area (Å²) in [6.07, 6.45) is 7.06. The summed E-state index contributed by atoms with van der Waals surface area (Å²) in [7, 11) is 0. The Bertz CT molecular complexity index is 303. The fourth-order valence-electron chi connectivity index (χ4n) is 3.66. The van der Waals surface area contributed by atoms with Crippen LogP contribution < -0.4 is 10.6 Å². The molecule has 2 rings (SSSR count). The fraction of sp³-hybridized carbons (Fsp3) is 0.933. The van der Waals surface area contributed by atoms with E-state index >= 15 is 0 Å². The van der Waals surface area contributed by atoms with E-state index in [-0.39, 0.29) is 18.1 Å². The molecule has 19 heavy (non-hydrogen) atoms. The minimum Gasteiger partial charge on any atom is -0.394 e. The van der Waals surface area contributed by atoms with Gasteiger partial charge in [0.1, 0.15) is 0 Å². The van der Waals surface area contributed by atoms with Gasteiger partial charge in [-0.3, -0.25) is 4.79 Å². The van der Waals surface area contributed by atoms with E-state index in [1.54, 1.807) is 0 Å². The fourth-order valence-corrected chi connectivity index (χ4v) is 3.66. The minimum absolute atomic E-state index is 0.0754. The summed E-state index contributed by atoms with van der Waals surface area (Å²) >= 11 is 0. The molecule has 3 atom stereocenters. The van der Waals surface area contributed by atoms with Gasteiger partial charge < -0.3 is 15.7 Å². The Hall–Kier alpha value is -0.610. The number of nitrogens with one attached hydrogen (secondary N) is 2. The molecule has 2 fully saturated rings. The highest BCUT2D eigenvalue weighted by Crippen LogP contribution is 2.32. The number of aliphatic hydroxyl groups excluding tert-OH is 1. The van der Waals surface area contributed by atoms with Crippen molar-refractivity contribution in [1.82, 2.24) is 10.6 Å². The molecule has 2 aliphatic rings. The number of hydrogen-bond donors (Lipinski definition) is 3. The Morgan fingerprint density at radius 2 is 2.26 bits per heavy atom. The number of carbonyl (C=O) groups excluding carboxylic acids is 1. The van der Waals surface area contributed by atoms with Crippen LogP contribution in [0.15, 0.2) is 0 Å². The Kier molecular flexibility index (Phi) is 5.22. The van der Waals surface area contributed by atoms with E-state index in [1.807, 2.05) is 0 Å². The van der Waals surface area contributed by atoms with Crippen molar-refractivity contribution >= 4 is 5.91 Å². The second-order valence-electron chi connectivity index (χ2n) is 6.60. The summed E-state index contributed by atoms with van der Waals surface area (Å²) in [5.74, 6) is 1.18. The first-order chi connectivity index (χ1) is 9.13. The molecule has 3 unspecified atom stereocenters. The van der Waals surface area contributed by atoms with E-state index in [2.05, 4.69) is 17.6 Å². The molecule has 0 radical (unpaired) electrons. The second-order valence-corrected chi connectivity index (χ2v) is 6.60. The number of rotatable bonds is 4. The highest BCUT2D eigenvalue weighted by atomic mass is 16.3. The molecule has 1 aliphatic heterocycles. The second kappa shape index (κ2) is 6.71. The van der Waals surface area contributed by atoms with Crippen LogP contribution in [0.2, 0.25) is 0 Å². The van der Waals surface area contributed by atoms with Gasteiger partial charge in [0, 0.05) is 6.42 Å². The van der Waals surface area contributed by atoms with Crippen molar-refractivity contribution in [3.63, 3.8) is 0 Å². The molecule has 0 aromatic heterocycles. The smallest absolute Gasteiger partial charge is 0.220 e. The summed E-state index contributed by atoms with van der Waals surface area (Å²) in [5.41, 5.74) is -0.350. The molecule has 4 heteroatoms. The first-order valence-corrected chi connectivity index (χ1v) is 7.76. The Morgan fingerprint density at radius 3 is 2.89 bits per heavy atom. The van der Waals surface area contributed by atoms with Crippen molar-refractivity contribution < 1.29 is 9.90 Å². The Balaban J connectivity index is 1.84. The van der Waals surface area contributed by atoms with Crippen LogP contribution in [0, 0.1) is 11.8 Å². The Labute approximate surface area is 116 Å². The number of amides is 1. The van der Waals surface area contributed by atoms with Crippen molar-refractivity contribution in [2.24, 2.45) is 11.8 Å². The summed E-state index contributed by atoms with van der Waals surface area (Å²) in [5, 5.41) is 16.2. The van der Waals surface area contributed by atoms with Gasteiger partial charge in [-0.15, -0.1) is 0 Å². The van der Waals surface area contributed by atoms with Crippen LogP contribution in [0.3, 0.4) is 0 Å². The number of piperidine rings is 1. The maximum atomic E-state index is 12.2. The molecule has 0 aromatic carbocycles. The quantitative estimate of drug-likeness (QED) is 0.723. The van der Waals surface area contributed by atoms with Gasteiger partial charge in [0.2, 0.25) is 5.91 Å². The number of hydrogen-bond acceptors (Lipinski definition) is 3. The van der Waals surface area contributed by atoms with E-state index in [1.165, 1.54) is 12.8 Å². The lowest BCUT2D eigenvalue weighted by atomic mass is 9.76. The van der Waals surface area contributed by atoms with E-state index in [9.17, 15) is 9.90 Å². The summed E-state index contributed by atoms with van der Waals surface area (Å²) < 4.78 is 0. The predicted molar refractivity (Wildman–Crippen MR) is 75.8 cm³/mol. The first-order valence-electron chi connectivity index (χ1n) is 7.76. The van der Waals surface area contributed by atoms with E-state index < -0.39 is 0 Å². The number of carbonyl (C=O) groups is 1. The third-order valence-corrected chi connectivity index (χ3v) is 4.67. The lowest BCUT2D eigenvalue weighted by Gasteiger charge is -2.39. The third kappa shape index (κ3) is 4.18. The van der Waals surface area contributed by atoms with Crippen LogP contribution in [0.1, 0.15) is 51.9 Å². The van der Waals surface area contributed by atoms with Gasteiger partial charge in [0.25, 0.3) is 0 Å². The molecule has 4 nitrogen and oxygen atoms in total. The van der Waals surface area contributed by atoms with Crippen LogP contribution in [-0.2, 0) is 4.79 Å². The van der Waals surface area contributed by atoms with Gasteiger partial charge in [-0.25, -0.2) is 0 Å². The summed E-state index contributed by atoms with van der Waals surface area (Å²) in [6, 6.07) is 0. The zero-order chi connectivity index (χ0) is 13.7. The molecule has 1 heterocycles. The highest BCUT2D eigenvalue weighted by Gasteiger charge is 2.36. The van der Waals surface area contributed by atoms with Crippen molar-refractivity contribution in [3.8, 4) is 0 Å². The lowest BCUT2D eigenvalue weighted by Crippen LogP contribution is -2.54. The van der Waals surface area contributed by atoms with Crippen molar-refractivity contribution in [3.05, 3.63) is 0 Å². The van der Waals surface area contributed by atoms with Crippen LogP contribution in [0.25, 0.3) is 0 Å². The summed E-state index contributed by atoms with van der Waals surface area (Å²) in [6.45, 7) is 4.32. The molecule has 1 saturated heterocycles. The zero-order valence-corrected chi connectivity index (χ0v) is 12.1. The average molecular weight is 268 g/mol. The van der Waals surface area contributed by atoms with Gasteiger partial charge in [-0.2, -0.15) is 0 Å². The average Bonchev–Trinajstić information content (AvgIpc) is 2.39. The molecule has 0 aromatic rings. The molecule has 1 saturated carbocycles. The standard InChI is InChI=1S/C15H28N2O2/c1-12-4-2-6-15(9-12,11-18)17-14(19)8-13-5-3-7-16-10-13/h12-13,16,18H,2-11H2,1H3,(H,17,19). The van der Waals surface area contributed by atoms with Crippen molar-refractivity contribution in [2.45, 2.75) is 57.4 Å². The van der Waals surface area contributed by atoms with E-state index in [0.717, 1.165) is 38.8 Å². The predicted octanol–water partition coefficient (Wildman–Crippen LogP) is 1.43. The van der Waals surface area contributed by atoms with Crippen LogP contribution in [0.5, 0.6) is 0 Å². The highest BCUT2D eigenvalue weighted by molar-refractivity contribution is 5.77. The van der Waals surface area contributed by atoms with Crippen LogP contribution in [-0.4, -0.2) is 36.2 Å². The SMILES string of the molecule is CC1CCCC(CO)(NC(=O)CC2CCCNC2)C1. The molecule has 1 aliphatic carbocycles. The molecule has 1 amide bonds. The summed E-state index contributed by atoms with van der Waals surface area (Å²) in [4.78, 5) is 12.2. The maximum absolute atomic E-state index is 12.2. The van der Waals surface area contributed by atoms with Gasteiger partial charge in [-0.05, 0) is 50.6 Å². The maximum Gasteiger partial charge on any atom is 0.220 e. The Morgan fingerprint density at radius 1 is 1.42 bits per heavy atom. The van der Waals surface area contributed by atoms with Crippen molar-refractivity contribution in [1.29, 1.82) is 0 Å². The van der Waals surface area contributed by atoms with Gasteiger partial charge >= 0.3 is 0 Å². The molecule has 0 bridgehead atoms. The third-order valence-electron chi connectivity index (χ3n) is 4.67. The van der Waals surface area contributed by atoms with E-state index in [0.29, 0.717) is 18.3 Å². The molecule has 0 spiro atoms. The van der Waals surface area contributed by atoms with E-state index in [4.69, 9.17) is 0 Å². The molecule has 3 N–H and O–H groups in total. The van der Waals surface area contributed by atoms with Gasteiger partial charge in [-0.1, -0.05) is 19.8 Å². The van der Waals surface area contributed by atoms with Crippen LogP contribution >= 0.6 is 0 Å². The molecular formula is C15H28N2O2. The van der Waals surface area contributed by atoms with Crippen molar-refractivity contribution in [2.75, 3.05) is 19.7 Å². The topological polar surface area (TPSA) is 61.4 Å². The van der Waals surface area contributed by atoms with Gasteiger partial charge in [0.15, 0.2) is 0 Å². The number of aliphatic hydroxyl groups is 1. The molecule has 110 valence electrons. The first kappa shape index (κ1) is 14.8. The lowest BCUT2D eigenvalue weighted by molar-refractivity contribution is -0.125.